The van der Waals surface area contributed by atoms with Crippen LogP contribution in [0.3, 0.4) is 0 Å². The highest BCUT2D eigenvalue weighted by Gasteiger charge is 2.54. The fraction of sp³-hybridized carbons (Fsp3) is 0.444. The number of carbonyl (C=O) groups is 4. The third-order valence-electron chi connectivity index (χ3n) is 4.45. The van der Waals surface area contributed by atoms with Crippen molar-refractivity contribution in [1.82, 2.24) is 15.8 Å². The molecule has 9 nitrogen and oxygen atoms in total. The summed E-state index contributed by atoms with van der Waals surface area (Å²) in [6, 6.07) is 5.30. The molecule has 3 N–H and O–H groups in total. The molecule has 0 radical (unpaired) electrons. The van der Waals surface area contributed by atoms with Crippen LogP contribution in [0.4, 0.5) is 15.3 Å². The fourth-order valence-corrected chi connectivity index (χ4v) is 3.13. The number of nitrogens with one attached hydrogen (secondary N) is 3. The quantitative estimate of drug-likeness (QED) is 0.432. The Balaban J connectivity index is 2.07. The first kappa shape index (κ1) is 21.7. The maximum absolute atomic E-state index is 12.9. The maximum Gasteiger partial charge on any atom is 0.344 e. The van der Waals surface area contributed by atoms with E-state index in [1.807, 2.05) is 0 Å². The van der Waals surface area contributed by atoms with E-state index in [-0.39, 0.29) is 25.4 Å². The highest BCUT2D eigenvalue weighted by molar-refractivity contribution is 9.10. The van der Waals surface area contributed by atoms with Crippen LogP contribution in [0.25, 0.3) is 0 Å². The van der Waals surface area contributed by atoms with E-state index >= 15 is 0 Å². The van der Waals surface area contributed by atoms with Crippen LogP contribution in [0.5, 0.6) is 0 Å². The second-order valence-electron chi connectivity index (χ2n) is 6.57. The van der Waals surface area contributed by atoms with Crippen LogP contribution in [0, 0.1) is 5.92 Å². The monoisotopic (exact) mass is 454 g/mol. The van der Waals surface area contributed by atoms with Gasteiger partial charge in [0.25, 0.3) is 5.91 Å². The Morgan fingerprint density at radius 1 is 1.25 bits per heavy atom. The van der Waals surface area contributed by atoms with Crippen molar-refractivity contribution in [3.63, 3.8) is 0 Å². The first-order valence-electron chi connectivity index (χ1n) is 8.85. The Labute approximate surface area is 171 Å². The molecular formula is C18H23BrN4O5. The molecule has 1 aliphatic rings. The molecule has 1 unspecified atom stereocenters. The molecule has 1 saturated heterocycles. The molecule has 28 heavy (non-hydrogen) atoms. The second kappa shape index (κ2) is 9.05. The summed E-state index contributed by atoms with van der Waals surface area (Å²) in [4.78, 5) is 49.2. The zero-order valence-corrected chi connectivity index (χ0v) is 17.5. The van der Waals surface area contributed by atoms with Gasteiger partial charge in [0.05, 0.1) is 6.61 Å². The van der Waals surface area contributed by atoms with Gasteiger partial charge in [-0.3, -0.25) is 9.59 Å². The van der Waals surface area contributed by atoms with Gasteiger partial charge in [-0.15, -0.1) is 0 Å². The van der Waals surface area contributed by atoms with E-state index in [1.165, 1.54) is 0 Å². The molecule has 152 valence electrons. The van der Waals surface area contributed by atoms with Crippen LogP contribution >= 0.6 is 15.9 Å². The van der Waals surface area contributed by atoms with Crippen molar-refractivity contribution >= 4 is 45.6 Å². The number of halogens is 1. The van der Waals surface area contributed by atoms with Crippen LogP contribution in [0.2, 0.25) is 0 Å². The molecule has 1 aliphatic heterocycles. The van der Waals surface area contributed by atoms with E-state index in [0.29, 0.717) is 10.7 Å². The van der Waals surface area contributed by atoms with Crippen LogP contribution in [0.1, 0.15) is 33.6 Å². The van der Waals surface area contributed by atoms with Gasteiger partial charge >= 0.3 is 18.0 Å². The van der Waals surface area contributed by atoms with Crippen molar-refractivity contribution in [3.05, 3.63) is 28.7 Å². The van der Waals surface area contributed by atoms with E-state index in [1.54, 1.807) is 45.0 Å². The molecule has 1 heterocycles. The summed E-state index contributed by atoms with van der Waals surface area (Å²) in [5.74, 6) is -1.38. The first-order valence-corrected chi connectivity index (χ1v) is 9.64. The van der Waals surface area contributed by atoms with E-state index in [2.05, 4.69) is 32.0 Å². The third-order valence-corrected chi connectivity index (χ3v) is 4.98. The summed E-state index contributed by atoms with van der Waals surface area (Å²) >= 11 is 3.29. The number of hydrazine groups is 1. The maximum atomic E-state index is 12.9. The van der Waals surface area contributed by atoms with Gasteiger partial charge in [0.15, 0.2) is 0 Å². The van der Waals surface area contributed by atoms with E-state index in [0.717, 1.165) is 4.47 Å². The Hall–Kier alpha value is -2.62. The van der Waals surface area contributed by atoms with Crippen molar-refractivity contribution < 1.29 is 23.9 Å². The lowest BCUT2D eigenvalue weighted by atomic mass is 9.82. The van der Waals surface area contributed by atoms with Crippen molar-refractivity contribution in [2.24, 2.45) is 5.92 Å². The summed E-state index contributed by atoms with van der Waals surface area (Å²) in [6.45, 7) is 5.44. The number of anilines is 1. The SMILES string of the molecule is CCOC(=O)CCC1(C(C)C)NC(=O)N(NC(=O)Nc2ccc(Br)cc2)C1=O. The molecule has 10 heteroatoms. The van der Waals surface area contributed by atoms with Gasteiger partial charge in [0.2, 0.25) is 0 Å². The number of ether oxygens (including phenoxy) is 1. The molecular weight excluding hydrogens is 432 g/mol. The number of imide groups is 1. The summed E-state index contributed by atoms with van der Waals surface area (Å²) in [7, 11) is 0. The molecule has 2 rings (SSSR count). The predicted octanol–water partition coefficient (Wildman–Crippen LogP) is 2.78. The Bertz CT molecular complexity index is 768. The van der Waals surface area contributed by atoms with Crippen LogP contribution in [0.15, 0.2) is 28.7 Å². The molecule has 5 amide bonds. The number of urea groups is 2. The van der Waals surface area contributed by atoms with Crippen molar-refractivity contribution in [2.75, 3.05) is 11.9 Å². The van der Waals surface area contributed by atoms with E-state index in [4.69, 9.17) is 4.74 Å². The van der Waals surface area contributed by atoms with Gasteiger partial charge in [0.1, 0.15) is 5.54 Å². The van der Waals surface area contributed by atoms with Gasteiger partial charge in [-0.05, 0) is 43.5 Å². The highest BCUT2D eigenvalue weighted by atomic mass is 79.9. The number of esters is 1. The number of hydrogen-bond acceptors (Lipinski definition) is 5. The average Bonchev–Trinajstić information content (AvgIpc) is 2.87. The molecule has 1 aromatic rings. The van der Waals surface area contributed by atoms with Crippen LogP contribution in [-0.2, 0) is 14.3 Å². The highest BCUT2D eigenvalue weighted by Crippen LogP contribution is 2.30. The average molecular weight is 455 g/mol. The van der Waals surface area contributed by atoms with Crippen molar-refractivity contribution in [1.29, 1.82) is 0 Å². The number of benzene rings is 1. The largest absolute Gasteiger partial charge is 0.466 e. The predicted molar refractivity (Wildman–Crippen MR) is 105 cm³/mol. The Kier molecular flexibility index (Phi) is 7.00. The zero-order valence-electron chi connectivity index (χ0n) is 15.9. The molecule has 0 aliphatic carbocycles. The number of nitrogens with zero attached hydrogens (tertiary/aromatic N) is 1. The topological polar surface area (TPSA) is 117 Å². The lowest BCUT2D eigenvalue weighted by Crippen LogP contribution is -2.53. The summed E-state index contributed by atoms with van der Waals surface area (Å²) in [5, 5.41) is 5.80. The normalized spacial score (nSPS) is 18.8. The lowest BCUT2D eigenvalue weighted by Gasteiger charge is -2.30. The minimum Gasteiger partial charge on any atom is -0.466 e. The summed E-state index contributed by atoms with van der Waals surface area (Å²) in [5.41, 5.74) is 1.45. The first-order chi connectivity index (χ1) is 13.2. The number of carbonyl (C=O) groups excluding carboxylic acids is 4. The summed E-state index contributed by atoms with van der Waals surface area (Å²) < 4.78 is 5.74. The lowest BCUT2D eigenvalue weighted by molar-refractivity contribution is -0.144. The minimum absolute atomic E-state index is 0.0308. The van der Waals surface area contributed by atoms with Gasteiger partial charge in [-0.25, -0.2) is 15.0 Å². The second-order valence-corrected chi connectivity index (χ2v) is 7.49. The molecule has 0 saturated carbocycles. The van der Waals surface area contributed by atoms with Gasteiger partial charge in [-0.2, -0.15) is 5.01 Å². The van der Waals surface area contributed by atoms with Gasteiger partial charge < -0.3 is 15.4 Å². The number of rotatable bonds is 7. The molecule has 1 aromatic carbocycles. The fourth-order valence-electron chi connectivity index (χ4n) is 2.87. The standard InChI is InChI=1S/C18H23BrN4O5/c1-4-28-14(24)9-10-18(11(2)3)15(25)23(17(27)21-18)22-16(26)20-13-7-5-12(19)6-8-13/h5-8,11H,4,9-10H2,1-3H3,(H,21,27)(H2,20,22,26). The van der Waals surface area contributed by atoms with Gasteiger partial charge in [0, 0.05) is 16.6 Å². The van der Waals surface area contributed by atoms with Crippen LogP contribution < -0.4 is 16.1 Å². The molecule has 1 atom stereocenters. The van der Waals surface area contributed by atoms with E-state index < -0.39 is 29.5 Å². The Morgan fingerprint density at radius 3 is 2.46 bits per heavy atom. The van der Waals surface area contributed by atoms with Crippen LogP contribution in [-0.4, -0.2) is 41.1 Å². The molecule has 0 aromatic heterocycles. The van der Waals surface area contributed by atoms with Crippen molar-refractivity contribution in [2.45, 2.75) is 39.2 Å². The Morgan fingerprint density at radius 2 is 1.89 bits per heavy atom. The molecule has 0 spiro atoms. The number of amides is 5. The zero-order chi connectivity index (χ0) is 20.9. The number of hydrogen-bond donors (Lipinski definition) is 3. The van der Waals surface area contributed by atoms with Crippen molar-refractivity contribution in [3.8, 4) is 0 Å². The van der Waals surface area contributed by atoms with Gasteiger partial charge in [-0.1, -0.05) is 29.8 Å². The van der Waals surface area contributed by atoms with E-state index in [9.17, 15) is 19.2 Å². The summed E-state index contributed by atoms with van der Waals surface area (Å²) in [6.07, 6.45) is 0.0392. The smallest absolute Gasteiger partial charge is 0.344 e. The molecule has 0 bridgehead atoms. The molecule has 1 fully saturated rings. The third kappa shape index (κ3) is 4.80. The minimum atomic E-state index is -1.30.